The van der Waals surface area contributed by atoms with Crippen molar-refractivity contribution in [3.63, 3.8) is 0 Å². The lowest BCUT2D eigenvalue weighted by Crippen LogP contribution is -2.28. The summed E-state index contributed by atoms with van der Waals surface area (Å²) in [5, 5.41) is 4.68. The number of hydrogen-bond donors (Lipinski definition) is 0. The molecule has 0 bridgehead atoms. The second-order valence-electron chi connectivity index (χ2n) is 14.1. The lowest BCUT2D eigenvalue weighted by atomic mass is 9.68. The van der Waals surface area contributed by atoms with Crippen LogP contribution in [0.3, 0.4) is 0 Å². The number of rotatable bonds is 3. The number of nitrogens with zero attached hydrogens (tertiary/aromatic N) is 3. The van der Waals surface area contributed by atoms with Gasteiger partial charge in [0.15, 0.2) is 0 Å². The SMILES string of the molecule is c1ccc(-c2cc(-c3ccc4c(c3)oc3ccccc34)nc(-n3c4ccccc4c4cc5c(cc43)C3(CCCCC3)c3ccccc3-5)n2)cc1. The van der Waals surface area contributed by atoms with Gasteiger partial charge in [-0.05, 0) is 77.6 Å². The maximum atomic E-state index is 6.32. The molecular weight excluding hydrogens is 611 g/mol. The first-order chi connectivity index (χ1) is 24.7. The van der Waals surface area contributed by atoms with E-state index >= 15 is 0 Å². The first-order valence-electron chi connectivity index (χ1n) is 17.8. The zero-order valence-electron chi connectivity index (χ0n) is 27.6. The smallest absolute Gasteiger partial charge is 0.235 e. The fourth-order valence-corrected chi connectivity index (χ4v) is 9.15. The van der Waals surface area contributed by atoms with Crippen LogP contribution in [0.4, 0.5) is 0 Å². The molecule has 0 amide bonds. The van der Waals surface area contributed by atoms with E-state index in [1.165, 1.54) is 65.1 Å². The molecule has 0 radical (unpaired) electrons. The van der Waals surface area contributed by atoms with Crippen molar-refractivity contribution in [3.05, 3.63) is 151 Å². The molecule has 3 aromatic heterocycles. The fraction of sp³-hybridized carbons (Fsp3) is 0.130. The standard InChI is InChI=1S/C46H33N3O/c1-3-13-29(14-4-1)39-28-40(30-21-22-34-33-17-7-10-20-43(33)50-44(34)25-30)48-45(47-39)49-41-19-9-6-16-32(41)36-26-35-31-15-5-8-18-37(31)46(23-11-2-12-24-46)38(35)27-42(36)49/h1,3-10,13-22,25-28H,2,11-12,23-24H2. The molecule has 0 N–H and O–H groups in total. The molecule has 238 valence electrons. The predicted octanol–water partition coefficient (Wildman–Crippen LogP) is 12.0. The van der Waals surface area contributed by atoms with Gasteiger partial charge in [0, 0.05) is 38.1 Å². The Bertz CT molecular complexity index is 2800. The van der Waals surface area contributed by atoms with Crippen molar-refractivity contribution in [3.8, 4) is 39.6 Å². The molecule has 4 heteroatoms. The molecule has 0 aliphatic heterocycles. The zero-order chi connectivity index (χ0) is 32.8. The number of benzene rings is 6. The summed E-state index contributed by atoms with van der Waals surface area (Å²) in [4.78, 5) is 10.7. The zero-order valence-corrected chi connectivity index (χ0v) is 27.6. The van der Waals surface area contributed by atoms with Gasteiger partial charge in [-0.2, -0.15) is 0 Å². The molecule has 0 unspecified atom stereocenters. The van der Waals surface area contributed by atoms with Gasteiger partial charge in [0.2, 0.25) is 5.95 Å². The quantitative estimate of drug-likeness (QED) is 0.192. The summed E-state index contributed by atoms with van der Waals surface area (Å²) in [7, 11) is 0. The third-order valence-corrected chi connectivity index (χ3v) is 11.4. The number of aromatic nitrogens is 3. The van der Waals surface area contributed by atoms with Gasteiger partial charge in [-0.15, -0.1) is 0 Å². The van der Waals surface area contributed by atoms with Gasteiger partial charge in [-0.25, -0.2) is 9.97 Å². The lowest BCUT2D eigenvalue weighted by molar-refractivity contribution is 0.353. The first kappa shape index (κ1) is 27.9. The molecule has 4 nitrogen and oxygen atoms in total. The van der Waals surface area contributed by atoms with Crippen molar-refractivity contribution in [1.29, 1.82) is 0 Å². The number of furan rings is 1. The minimum absolute atomic E-state index is 0.0551. The van der Waals surface area contributed by atoms with E-state index in [4.69, 9.17) is 14.4 Å². The Labute approximate surface area is 289 Å². The number of hydrogen-bond acceptors (Lipinski definition) is 3. The fourth-order valence-electron chi connectivity index (χ4n) is 9.15. The average molecular weight is 644 g/mol. The lowest BCUT2D eigenvalue weighted by Gasteiger charge is -2.36. The molecule has 3 heterocycles. The van der Waals surface area contributed by atoms with Crippen LogP contribution < -0.4 is 0 Å². The average Bonchev–Trinajstić information content (AvgIpc) is 3.80. The van der Waals surface area contributed by atoms with E-state index in [0.717, 1.165) is 55.5 Å². The number of para-hydroxylation sites is 2. The van der Waals surface area contributed by atoms with Gasteiger partial charge >= 0.3 is 0 Å². The Morgan fingerprint density at radius 3 is 2.08 bits per heavy atom. The van der Waals surface area contributed by atoms with E-state index < -0.39 is 0 Å². The molecular formula is C46H33N3O. The third-order valence-electron chi connectivity index (χ3n) is 11.4. The van der Waals surface area contributed by atoms with Crippen molar-refractivity contribution >= 4 is 43.7 Å². The molecule has 2 aliphatic carbocycles. The van der Waals surface area contributed by atoms with Crippen LogP contribution in [0, 0.1) is 0 Å². The monoisotopic (exact) mass is 643 g/mol. The molecule has 9 aromatic rings. The Kier molecular flexibility index (Phi) is 5.86. The first-order valence-corrected chi connectivity index (χ1v) is 17.8. The van der Waals surface area contributed by atoms with Gasteiger partial charge in [-0.1, -0.05) is 116 Å². The van der Waals surface area contributed by atoms with E-state index in [1.807, 2.05) is 12.1 Å². The summed E-state index contributed by atoms with van der Waals surface area (Å²) in [6.07, 6.45) is 6.21. The van der Waals surface area contributed by atoms with E-state index in [-0.39, 0.29) is 5.41 Å². The largest absolute Gasteiger partial charge is 0.456 e. The van der Waals surface area contributed by atoms with E-state index in [2.05, 4.69) is 132 Å². The maximum Gasteiger partial charge on any atom is 0.235 e. The van der Waals surface area contributed by atoms with Gasteiger partial charge < -0.3 is 4.42 Å². The van der Waals surface area contributed by atoms with Gasteiger partial charge in [-0.3, -0.25) is 4.57 Å². The van der Waals surface area contributed by atoms with Crippen LogP contribution in [-0.2, 0) is 5.41 Å². The normalized spacial score (nSPS) is 15.0. The Balaban J connectivity index is 1.19. The molecule has 11 rings (SSSR count). The van der Waals surface area contributed by atoms with Crippen LogP contribution in [0.25, 0.3) is 83.3 Å². The van der Waals surface area contributed by atoms with Crippen molar-refractivity contribution < 1.29 is 4.42 Å². The van der Waals surface area contributed by atoms with Crippen LogP contribution in [0.1, 0.15) is 43.2 Å². The van der Waals surface area contributed by atoms with Gasteiger partial charge in [0.05, 0.1) is 22.4 Å². The highest BCUT2D eigenvalue weighted by Crippen LogP contribution is 2.57. The third kappa shape index (κ3) is 3.93. The predicted molar refractivity (Wildman–Crippen MR) is 204 cm³/mol. The Morgan fingerprint density at radius 1 is 0.480 bits per heavy atom. The van der Waals surface area contributed by atoms with Gasteiger partial charge in [0.25, 0.3) is 0 Å². The summed E-state index contributed by atoms with van der Waals surface area (Å²) in [6, 6.07) is 50.1. The van der Waals surface area contributed by atoms with Crippen molar-refractivity contribution in [1.82, 2.24) is 14.5 Å². The highest BCUT2D eigenvalue weighted by atomic mass is 16.3. The van der Waals surface area contributed by atoms with Crippen molar-refractivity contribution in [2.45, 2.75) is 37.5 Å². The Hall–Kier alpha value is -6.00. The molecule has 1 saturated carbocycles. The summed E-state index contributed by atoms with van der Waals surface area (Å²) in [5.41, 5.74) is 13.6. The molecule has 0 saturated heterocycles. The highest BCUT2D eigenvalue weighted by Gasteiger charge is 2.44. The van der Waals surface area contributed by atoms with Crippen LogP contribution in [0.15, 0.2) is 144 Å². The second kappa shape index (κ2) is 10.5. The van der Waals surface area contributed by atoms with Crippen LogP contribution in [0.5, 0.6) is 0 Å². The second-order valence-corrected chi connectivity index (χ2v) is 14.1. The molecule has 1 spiro atoms. The summed E-state index contributed by atoms with van der Waals surface area (Å²) < 4.78 is 8.63. The topological polar surface area (TPSA) is 43.9 Å². The summed E-state index contributed by atoms with van der Waals surface area (Å²) in [5.74, 6) is 0.672. The molecule has 2 aliphatic rings. The summed E-state index contributed by atoms with van der Waals surface area (Å²) in [6.45, 7) is 0. The van der Waals surface area contributed by atoms with Crippen molar-refractivity contribution in [2.75, 3.05) is 0 Å². The van der Waals surface area contributed by atoms with Crippen LogP contribution in [-0.4, -0.2) is 14.5 Å². The van der Waals surface area contributed by atoms with Crippen LogP contribution >= 0.6 is 0 Å². The molecule has 1 fully saturated rings. The minimum atomic E-state index is 0.0551. The van der Waals surface area contributed by atoms with Crippen molar-refractivity contribution in [2.24, 2.45) is 0 Å². The van der Waals surface area contributed by atoms with Crippen LogP contribution in [0.2, 0.25) is 0 Å². The molecule has 6 aromatic carbocycles. The number of fused-ring (bicyclic) bond motifs is 11. The summed E-state index contributed by atoms with van der Waals surface area (Å²) >= 11 is 0. The van der Waals surface area contributed by atoms with E-state index in [9.17, 15) is 0 Å². The van der Waals surface area contributed by atoms with Gasteiger partial charge in [0.1, 0.15) is 11.2 Å². The highest BCUT2D eigenvalue weighted by molar-refractivity contribution is 6.11. The molecule has 50 heavy (non-hydrogen) atoms. The molecule has 0 atom stereocenters. The maximum absolute atomic E-state index is 6.32. The Morgan fingerprint density at radius 2 is 1.20 bits per heavy atom. The van der Waals surface area contributed by atoms with E-state index in [1.54, 1.807) is 0 Å². The van der Waals surface area contributed by atoms with E-state index in [0.29, 0.717) is 5.95 Å². The minimum Gasteiger partial charge on any atom is -0.456 e.